The molecule has 17 heteroatoms. The van der Waals surface area contributed by atoms with Gasteiger partial charge in [-0.15, -0.1) is 0 Å². The van der Waals surface area contributed by atoms with Crippen LogP contribution in [0.1, 0.15) is 121 Å². The topological polar surface area (TPSA) is 180 Å². The first-order valence-electron chi connectivity index (χ1n) is 22.8. The van der Waals surface area contributed by atoms with Crippen LogP contribution in [0, 0.1) is 11.3 Å². The van der Waals surface area contributed by atoms with E-state index < -0.39 is 21.7 Å². The Morgan fingerprint density at radius 1 is 0.935 bits per heavy atom. The van der Waals surface area contributed by atoms with Crippen LogP contribution in [0.15, 0.2) is 29.2 Å². The van der Waals surface area contributed by atoms with Crippen molar-refractivity contribution in [3.05, 3.63) is 46.0 Å². The summed E-state index contributed by atoms with van der Waals surface area (Å²) >= 11 is 0. The Bertz CT molecular complexity index is 2450. The lowest BCUT2D eigenvalue weighted by atomic mass is 9.73. The lowest BCUT2D eigenvalue weighted by Gasteiger charge is -2.54. The SMILES string of the molecule is CC(=O)CCC(C(C)=O)n1c(=O)n(C)c2c(CCCC(=O)N3CCC4(CC3)CN(S(=O)(=O)N3CCC(Nc5ncc6c(n5)N(C5CCCC5C)C(=O)C65CC5)CC3)C4)cccc21. The molecule has 2 spiro atoms. The van der Waals surface area contributed by atoms with Gasteiger partial charge in [0, 0.05) is 88.4 Å². The van der Waals surface area contributed by atoms with Crippen LogP contribution in [0.4, 0.5) is 11.8 Å². The summed E-state index contributed by atoms with van der Waals surface area (Å²) < 4.78 is 33.8. The number of hydrogen-bond acceptors (Lipinski definition) is 10. The maximum atomic E-state index is 13.8. The number of Topliss-reactive ketones (excluding diaryl/α,β-unsaturated/α-hetero) is 2. The zero-order valence-corrected chi connectivity index (χ0v) is 37.4. The molecule has 4 aliphatic heterocycles. The second-order valence-electron chi connectivity index (χ2n) is 19.4. The maximum absolute atomic E-state index is 13.8. The highest BCUT2D eigenvalue weighted by Gasteiger charge is 2.62. The van der Waals surface area contributed by atoms with Crippen LogP contribution in [-0.4, -0.2) is 116 Å². The van der Waals surface area contributed by atoms with Crippen molar-refractivity contribution in [2.24, 2.45) is 18.4 Å². The molecule has 0 bridgehead atoms. The third kappa shape index (κ3) is 7.48. The van der Waals surface area contributed by atoms with Crippen molar-refractivity contribution in [1.29, 1.82) is 0 Å². The molecule has 1 aromatic carbocycles. The number of benzene rings is 1. The number of hydrogen-bond donors (Lipinski definition) is 1. The summed E-state index contributed by atoms with van der Waals surface area (Å²) in [6.45, 7) is 8.10. The Balaban J connectivity index is 0.739. The maximum Gasteiger partial charge on any atom is 0.329 e. The number of amides is 2. The number of aryl methyl sites for hydroxylation is 2. The van der Waals surface area contributed by atoms with E-state index in [0.717, 1.165) is 67.4 Å². The number of carbonyl (C=O) groups excluding carboxylic acids is 4. The highest BCUT2D eigenvalue weighted by Crippen LogP contribution is 2.58. The number of rotatable bonds is 14. The fourth-order valence-corrected chi connectivity index (χ4v) is 13.2. The molecule has 3 aromatic rings. The molecule has 3 unspecified atom stereocenters. The van der Waals surface area contributed by atoms with Crippen molar-refractivity contribution >= 4 is 56.4 Å². The zero-order valence-electron chi connectivity index (χ0n) is 36.6. The van der Waals surface area contributed by atoms with E-state index in [2.05, 4.69) is 17.2 Å². The van der Waals surface area contributed by atoms with E-state index in [1.54, 1.807) is 20.2 Å². The third-order valence-electron chi connectivity index (χ3n) is 15.3. The number of fused-ring (bicyclic) bond motifs is 3. The summed E-state index contributed by atoms with van der Waals surface area (Å²) in [4.78, 5) is 78.2. The van der Waals surface area contributed by atoms with Gasteiger partial charge in [0.15, 0.2) is 5.78 Å². The van der Waals surface area contributed by atoms with Crippen molar-refractivity contribution in [2.75, 3.05) is 49.5 Å². The number of imidazole rings is 1. The number of likely N-dealkylation sites (tertiary alicyclic amines) is 1. The Hall–Kier alpha value is -4.48. The molecule has 3 atom stereocenters. The summed E-state index contributed by atoms with van der Waals surface area (Å²) in [5, 5.41) is 3.47. The molecule has 6 aliphatic rings. The molecule has 16 nitrogen and oxygen atoms in total. The molecule has 9 rings (SSSR count). The standard InChI is InChI=1S/C45H61N9O7S/c1-29-8-5-11-35(29)54-40-34(45(18-19-45)41(54)58)26-46-42(48-40)47-33-16-22-51(23-17-33)62(60,61)52-27-44(28-52)20-24-50(25-21-44)38(57)13-7-10-32-9-6-12-37-39(32)49(4)43(59)53(37)36(31(3)56)15-14-30(2)55/h6,9,12,26,29,33,35-36H,5,7-8,10-11,13-25,27-28H2,1-4H3,(H,46,47,48). The Morgan fingerprint density at radius 2 is 1.66 bits per heavy atom. The van der Waals surface area contributed by atoms with E-state index >= 15 is 0 Å². The van der Waals surface area contributed by atoms with Crippen molar-refractivity contribution in [2.45, 2.75) is 134 Å². The van der Waals surface area contributed by atoms with Gasteiger partial charge in [-0.05, 0) is 102 Å². The lowest BCUT2D eigenvalue weighted by Crippen LogP contribution is -2.64. The van der Waals surface area contributed by atoms with Crippen molar-refractivity contribution in [3.8, 4) is 0 Å². The van der Waals surface area contributed by atoms with Gasteiger partial charge in [-0.25, -0.2) is 9.78 Å². The third-order valence-corrected chi connectivity index (χ3v) is 17.2. The Labute approximate surface area is 363 Å². The molecular weight excluding hydrogens is 811 g/mol. The number of para-hydroxylation sites is 1. The van der Waals surface area contributed by atoms with E-state index in [-0.39, 0.29) is 59.4 Å². The van der Waals surface area contributed by atoms with E-state index in [1.165, 1.54) is 18.4 Å². The van der Waals surface area contributed by atoms with Crippen LogP contribution in [0.5, 0.6) is 0 Å². The van der Waals surface area contributed by atoms with E-state index in [1.807, 2.05) is 34.2 Å². The van der Waals surface area contributed by atoms with Crippen LogP contribution >= 0.6 is 0 Å². The molecule has 3 saturated heterocycles. The highest BCUT2D eigenvalue weighted by atomic mass is 32.2. The average molecular weight is 872 g/mol. The first-order valence-corrected chi connectivity index (χ1v) is 24.2. The molecule has 62 heavy (non-hydrogen) atoms. The fraction of sp³-hybridized carbons (Fsp3) is 0.667. The predicted octanol–water partition coefficient (Wildman–Crippen LogP) is 4.26. The normalized spacial score (nSPS) is 24.2. The van der Waals surface area contributed by atoms with Crippen molar-refractivity contribution in [1.82, 2.24) is 32.6 Å². The molecule has 2 aromatic heterocycles. The summed E-state index contributed by atoms with van der Waals surface area (Å²) in [7, 11) is -1.92. The Morgan fingerprint density at radius 3 is 2.31 bits per heavy atom. The van der Waals surface area contributed by atoms with Gasteiger partial charge in [0.05, 0.1) is 22.5 Å². The minimum absolute atomic E-state index is 0.0224. The number of ketones is 2. The fourth-order valence-electron chi connectivity index (χ4n) is 11.3. The molecule has 334 valence electrons. The number of nitrogens with one attached hydrogen (secondary N) is 1. The summed E-state index contributed by atoms with van der Waals surface area (Å²) in [6, 6.07) is 5.13. The second-order valence-corrected chi connectivity index (χ2v) is 21.3. The smallest absolute Gasteiger partial charge is 0.329 e. The Kier molecular flexibility index (Phi) is 11.2. The van der Waals surface area contributed by atoms with Crippen LogP contribution < -0.4 is 15.9 Å². The molecule has 0 radical (unpaired) electrons. The van der Waals surface area contributed by atoms with Gasteiger partial charge in [-0.2, -0.15) is 22.0 Å². The van der Waals surface area contributed by atoms with Gasteiger partial charge in [-0.1, -0.05) is 25.5 Å². The molecule has 6 heterocycles. The molecule has 1 N–H and O–H groups in total. The lowest BCUT2D eigenvalue weighted by molar-refractivity contribution is -0.135. The van der Waals surface area contributed by atoms with Gasteiger partial charge >= 0.3 is 5.69 Å². The largest absolute Gasteiger partial charge is 0.351 e. The minimum Gasteiger partial charge on any atom is -0.351 e. The molecule has 2 aliphatic carbocycles. The van der Waals surface area contributed by atoms with Gasteiger partial charge in [0.1, 0.15) is 11.6 Å². The van der Waals surface area contributed by atoms with E-state index in [4.69, 9.17) is 4.98 Å². The van der Waals surface area contributed by atoms with Gasteiger partial charge < -0.3 is 15.0 Å². The first kappa shape index (κ1) is 42.8. The molecule has 2 saturated carbocycles. The average Bonchev–Trinajstić information content (AvgIpc) is 3.81. The quantitative estimate of drug-likeness (QED) is 0.246. The summed E-state index contributed by atoms with van der Waals surface area (Å²) in [6.07, 6.45) is 11.6. The number of piperidine rings is 2. The summed E-state index contributed by atoms with van der Waals surface area (Å²) in [5.74, 6) is 1.77. The number of nitrogens with zero attached hydrogens (tertiary/aromatic N) is 8. The highest BCUT2D eigenvalue weighted by molar-refractivity contribution is 7.86. The van der Waals surface area contributed by atoms with Gasteiger partial charge in [0.25, 0.3) is 10.2 Å². The molecule has 5 fully saturated rings. The van der Waals surface area contributed by atoms with Crippen molar-refractivity contribution < 1.29 is 27.6 Å². The minimum atomic E-state index is -3.61. The van der Waals surface area contributed by atoms with Crippen molar-refractivity contribution in [3.63, 3.8) is 0 Å². The van der Waals surface area contributed by atoms with E-state index in [9.17, 15) is 32.4 Å². The first-order chi connectivity index (χ1) is 29.6. The van der Waals surface area contributed by atoms with E-state index in [0.29, 0.717) is 88.8 Å². The summed E-state index contributed by atoms with van der Waals surface area (Å²) in [5.41, 5.74) is 2.43. The monoisotopic (exact) mass is 871 g/mol. The van der Waals surface area contributed by atoms with Gasteiger partial charge in [0.2, 0.25) is 17.8 Å². The number of anilines is 2. The predicted molar refractivity (Wildman–Crippen MR) is 234 cm³/mol. The van der Waals surface area contributed by atoms with Crippen LogP contribution in [0.25, 0.3) is 11.0 Å². The number of aromatic nitrogens is 4. The van der Waals surface area contributed by atoms with Crippen LogP contribution in [0.3, 0.4) is 0 Å². The molecular formula is C45H61N9O7S. The van der Waals surface area contributed by atoms with Crippen LogP contribution in [-0.2, 0) is 48.3 Å². The second kappa shape index (κ2) is 16.3. The number of carbonyl (C=O) groups is 4. The molecule has 2 amide bonds. The van der Waals surface area contributed by atoms with Gasteiger partial charge in [-0.3, -0.25) is 28.4 Å². The zero-order chi connectivity index (χ0) is 43.7. The van der Waals surface area contributed by atoms with Crippen LogP contribution in [0.2, 0.25) is 0 Å².